The minimum absolute atomic E-state index is 0. The van der Waals surface area contributed by atoms with Crippen LogP contribution in [0.15, 0.2) is 0 Å². The van der Waals surface area contributed by atoms with Gasteiger partial charge in [0, 0.05) is 29.6 Å². The molecule has 0 fully saturated rings. The molecule has 0 aromatic heterocycles. The first-order chi connectivity index (χ1) is 10.1. The number of hydrogen-bond donors (Lipinski definition) is 0. The second kappa shape index (κ2) is 18.2. The maximum Gasteiger partial charge on any atom is 0.426 e. The Bertz CT molecular complexity index is 309. The number of hydrogen-bond acceptors (Lipinski definition) is 5. The Morgan fingerprint density at radius 1 is 0.682 bits per heavy atom. The van der Waals surface area contributed by atoms with Crippen molar-refractivity contribution < 1.29 is 21.8 Å². The zero-order valence-corrected chi connectivity index (χ0v) is 17.5. The zero-order chi connectivity index (χ0) is 15.8. The van der Waals surface area contributed by atoms with E-state index in [1.54, 1.807) is 0 Å². The van der Waals surface area contributed by atoms with Crippen molar-refractivity contribution in [3.63, 3.8) is 0 Å². The predicted octanol–water partition coefficient (Wildman–Crippen LogP) is 4.15. The molecule has 0 aliphatic carbocycles. The van der Waals surface area contributed by atoms with E-state index in [1.165, 1.54) is 44.9 Å². The molecule has 1 radical (unpaired) electrons. The Hall–Kier alpha value is 0.830. The van der Waals surface area contributed by atoms with Crippen molar-refractivity contribution in [1.82, 2.24) is 0 Å². The average Bonchev–Trinajstić information content (AvgIpc) is 2.45. The molecule has 0 spiro atoms. The first-order valence-corrected chi connectivity index (χ1v) is 9.66. The van der Waals surface area contributed by atoms with Gasteiger partial charge in [0.05, 0.1) is 13.2 Å². The van der Waals surface area contributed by atoms with Crippen LogP contribution in [0, 0.1) is 0 Å². The van der Waals surface area contributed by atoms with Crippen LogP contribution >= 0.6 is 0 Å². The van der Waals surface area contributed by atoms with Crippen LogP contribution in [0.5, 0.6) is 0 Å². The summed E-state index contributed by atoms with van der Waals surface area (Å²) < 4.78 is 31.3. The summed E-state index contributed by atoms with van der Waals surface area (Å²) in [6.45, 7) is 4.49. The largest absolute Gasteiger partial charge is 0.426 e. The molecule has 129 valence electrons. The average molecular weight is 347 g/mol. The minimum atomic E-state index is -3.99. The second-order valence-electron chi connectivity index (χ2n) is 5.30. The van der Waals surface area contributed by atoms with Crippen molar-refractivity contribution >= 4 is 40.0 Å². The van der Waals surface area contributed by atoms with Gasteiger partial charge in [-0.15, -0.1) is 0 Å². The predicted molar refractivity (Wildman–Crippen MR) is 89.8 cm³/mol. The van der Waals surface area contributed by atoms with Crippen molar-refractivity contribution in [2.75, 3.05) is 13.2 Å². The van der Waals surface area contributed by atoms with Crippen LogP contribution in [-0.4, -0.2) is 51.2 Å². The van der Waals surface area contributed by atoms with Gasteiger partial charge in [0.1, 0.15) is 0 Å². The van der Waals surface area contributed by atoms with Crippen LogP contribution in [0.4, 0.5) is 0 Å². The maximum absolute atomic E-state index is 11.2. The summed E-state index contributed by atoms with van der Waals surface area (Å²) in [5, 5.41) is 0. The van der Waals surface area contributed by atoms with Crippen molar-refractivity contribution in [3.05, 3.63) is 0 Å². The summed E-state index contributed by atoms with van der Waals surface area (Å²) in [5.74, 6) is 0. The zero-order valence-electron chi connectivity index (χ0n) is 14.6. The van der Waals surface area contributed by atoms with Gasteiger partial charge in [-0.25, -0.2) is 9.07 Å². The van der Waals surface area contributed by atoms with Crippen molar-refractivity contribution in [3.8, 4) is 0 Å². The fourth-order valence-electron chi connectivity index (χ4n) is 1.95. The van der Waals surface area contributed by atoms with Gasteiger partial charge in [-0.3, -0.25) is 0 Å². The normalized spacial score (nSPS) is 11.4. The fraction of sp³-hybridized carbons (Fsp3) is 1.00. The van der Waals surface area contributed by atoms with Crippen molar-refractivity contribution in [2.45, 2.75) is 84.5 Å². The Morgan fingerprint density at radius 3 is 1.68 bits per heavy atom. The van der Waals surface area contributed by atoms with E-state index in [-0.39, 0.29) is 42.8 Å². The second-order valence-corrected chi connectivity index (χ2v) is 6.49. The molecule has 22 heavy (non-hydrogen) atoms. The Kier molecular flexibility index (Phi) is 20.7. The molecule has 0 saturated heterocycles. The minimum Gasteiger partial charge on any atom is -0.246 e. The maximum atomic E-state index is 11.2. The molecule has 5 nitrogen and oxygen atoms in total. The summed E-state index contributed by atoms with van der Waals surface area (Å²) >= 11 is 0. The van der Waals surface area contributed by atoms with E-state index in [2.05, 4.69) is 20.3 Å². The smallest absolute Gasteiger partial charge is 0.246 e. The topological polar surface area (TPSA) is 61.8 Å². The molecule has 0 atom stereocenters. The summed E-state index contributed by atoms with van der Waals surface area (Å²) in [4.78, 5) is 4.49. The first-order valence-electron chi connectivity index (χ1n) is 8.32. The summed E-state index contributed by atoms with van der Waals surface area (Å²) in [7, 11) is -3.99. The third kappa shape index (κ3) is 18.9. The van der Waals surface area contributed by atoms with Crippen LogP contribution in [0.2, 0.25) is 0 Å². The van der Waals surface area contributed by atoms with Crippen LogP contribution < -0.4 is 0 Å². The first kappa shape index (κ1) is 25.1. The van der Waals surface area contributed by atoms with E-state index in [0.29, 0.717) is 6.42 Å². The van der Waals surface area contributed by atoms with Gasteiger partial charge >= 0.3 is 10.4 Å². The van der Waals surface area contributed by atoms with Gasteiger partial charge in [0.15, 0.2) is 0 Å². The molecule has 0 aromatic carbocycles. The van der Waals surface area contributed by atoms with E-state index in [0.717, 1.165) is 19.3 Å². The number of rotatable bonds is 16. The van der Waals surface area contributed by atoms with Crippen molar-refractivity contribution in [2.24, 2.45) is 0 Å². The standard InChI is InChI=1S/C15H32O5S.Na/c1-3-5-6-7-8-9-10-11-12-13-15-19-21(16,17)20-18-14-4-2;/h3-15H2,1-2H3;. The SMILES string of the molecule is CCCCCCCCCCCCOS(=O)(=O)OOCCC.[Na]. The molecule has 0 aromatic rings. The van der Waals surface area contributed by atoms with Crippen molar-refractivity contribution in [1.29, 1.82) is 0 Å². The monoisotopic (exact) mass is 347 g/mol. The Morgan fingerprint density at radius 2 is 1.18 bits per heavy atom. The van der Waals surface area contributed by atoms with E-state index in [4.69, 9.17) is 0 Å². The molecule has 0 aliphatic rings. The summed E-state index contributed by atoms with van der Waals surface area (Å²) in [6, 6.07) is 0. The summed E-state index contributed by atoms with van der Waals surface area (Å²) in [6.07, 6.45) is 12.7. The molecule has 0 amide bonds. The fourth-order valence-corrected chi connectivity index (χ4v) is 2.49. The van der Waals surface area contributed by atoms with E-state index in [9.17, 15) is 8.42 Å². The molecule has 0 bridgehead atoms. The van der Waals surface area contributed by atoms with E-state index < -0.39 is 10.4 Å². The molecular weight excluding hydrogens is 315 g/mol. The van der Waals surface area contributed by atoms with Gasteiger partial charge in [0.25, 0.3) is 0 Å². The Balaban J connectivity index is 0. The third-order valence-corrected chi connectivity index (χ3v) is 3.86. The van der Waals surface area contributed by atoms with Crippen LogP contribution in [-0.2, 0) is 23.8 Å². The molecular formula is C15H32NaO5S. The molecule has 0 unspecified atom stereocenters. The molecule has 0 N–H and O–H groups in total. The molecule has 0 aliphatic heterocycles. The third-order valence-electron chi connectivity index (χ3n) is 3.14. The molecule has 7 heteroatoms. The van der Waals surface area contributed by atoms with Crippen LogP contribution in [0.25, 0.3) is 0 Å². The van der Waals surface area contributed by atoms with Gasteiger partial charge in [-0.05, 0) is 12.8 Å². The molecule has 0 rings (SSSR count). The van der Waals surface area contributed by atoms with E-state index in [1.807, 2.05) is 6.92 Å². The molecule has 0 heterocycles. The van der Waals surface area contributed by atoms with Crippen LogP contribution in [0.3, 0.4) is 0 Å². The Labute approximate surface area is 159 Å². The van der Waals surface area contributed by atoms with E-state index >= 15 is 0 Å². The van der Waals surface area contributed by atoms with Gasteiger partial charge in [-0.2, -0.15) is 8.42 Å². The molecule has 0 saturated carbocycles. The van der Waals surface area contributed by atoms with Crippen LogP contribution in [0.1, 0.15) is 84.5 Å². The van der Waals surface area contributed by atoms with Gasteiger partial charge in [0.2, 0.25) is 0 Å². The van der Waals surface area contributed by atoms with Gasteiger partial charge < -0.3 is 0 Å². The summed E-state index contributed by atoms with van der Waals surface area (Å²) in [5.41, 5.74) is 0. The van der Waals surface area contributed by atoms with Gasteiger partial charge in [-0.1, -0.05) is 76.0 Å². The number of unbranched alkanes of at least 4 members (excludes halogenated alkanes) is 9. The quantitative estimate of drug-likeness (QED) is 0.182.